The number of likely N-dealkylation sites (N-methyl/N-ethyl adjacent to an activating group) is 2. The monoisotopic (exact) mass is 302 g/mol. The van der Waals surface area contributed by atoms with E-state index in [1.165, 1.54) is 0 Å². The van der Waals surface area contributed by atoms with Gasteiger partial charge in [-0.15, -0.1) is 10.2 Å². The number of nitrogens with zero attached hydrogens (tertiary/aromatic N) is 5. The van der Waals surface area contributed by atoms with Crippen LogP contribution in [0.15, 0.2) is 36.9 Å². The summed E-state index contributed by atoms with van der Waals surface area (Å²) in [6.07, 6.45) is 3.24. The van der Waals surface area contributed by atoms with Crippen LogP contribution in [0.5, 0.6) is 0 Å². The van der Waals surface area contributed by atoms with E-state index in [0.29, 0.717) is 13.1 Å². The first kappa shape index (κ1) is 16.0. The molecule has 0 saturated carbocycles. The van der Waals surface area contributed by atoms with E-state index < -0.39 is 0 Å². The number of benzene rings is 1. The molecule has 7 heteroatoms. The second-order valence-electron chi connectivity index (χ2n) is 5.23. The fourth-order valence-electron chi connectivity index (χ4n) is 2.00. The molecule has 0 bridgehead atoms. The highest BCUT2D eigenvalue weighted by Gasteiger charge is 2.12. The van der Waals surface area contributed by atoms with Gasteiger partial charge in [0.05, 0.1) is 5.69 Å². The fraction of sp³-hybridized carbons (Fsp3) is 0.400. The quantitative estimate of drug-likeness (QED) is 0.881. The fourth-order valence-corrected chi connectivity index (χ4v) is 2.00. The number of urea groups is 1. The number of anilines is 1. The first-order valence-corrected chi connectivity index (χ1v) is 7.26. The number of carbonyl (C=O) groups excluding carboxylic acids is 1. The first-order chi connectivity index (χ1) is 10.6. The summed E-state index contributed by atoms with van der Waals surface area (Å²) in [7, 11) is 3.99. The Morgan fingerprint density at radius 1 is 1.23 bits per heavy atom. The van der Waals surface area contributed by atoms with Crippen molar-refractivity contribution in [2.75, 3.05) is 39.0 Å². The summed E-state index contributed by atoms with van der Waals surface area (Å²) in [5, 5.41) is 10.5. The standard InChI is InChI=1S/C15H22N6O/c1-4-20(9-8-19(2)3)15(22)18-13-6-5-7-14(10-13)21-11-16-17-12-21/h5-7,10-12H,4,8-9H2,1-3H3,(H,18,22). The van der Waals surface area contributed by atoms with Gasteiger partial charge in [0.1, 0.15) is 12.7 Å². The van der Waals surface area contributed by atoms with Gasteiger partial charge in [-0.25, -0.2) is 4.79 Å². The smallest absolute Gasteiger partial charge is 0.321 e. The highest BCUT2D eigenvalue weighted by molar-refractivity contribution is 5.89. The van der Waals surface area contributed by atoms with Gasteiger partial charge in [-0.05, 0) is 39.2 Å². The molecule has 7 nitrogen and oxygen atoms in total. The zero-order chi connectivity index (χ0) is 15.9. The maximum Gasteiger partial charge on any atom is 0.321 e. The highest BCUT2D eigenvalue weighted by atomic mass is 16.2. The number of amides is 2. The average molecular weight is 302 g/mol. The van der Waals surface area contributed by atoms with Crippen LogP contribution in [0.25, 0.3) is 5.69 Å². The summed E-state index contributed by atoms with van der Waals surface area (Å²) in [6, 6.07) is 7.49. The molecule has 22 heavy (non-hydrogen) atoms. The van der Waals surface area contributed by atoms with Gasteiger partial charge in [0.2, 0.25) is 0 Å². The van der Waals surface area contributed by atoms with Crippen LogP contribution in [0.2, 0.25) is 0 Å². The zero-order valence-corrected chi connectivity index (χ0v) is 13.2. The van der Waals surface area contributed by atoms with Gasteiger partial charge in [0, 0.05) is 25.3 Å². The van der Waals surface area contributed by atoms with Crippen LogP contribution in [0.4, 0.5) is 10.5 Å². The third-order valence-corrected chi connectivity index (χ3v) is 3.30. The van der Waals surface area contributed by atoms with Crippen molar-refractivity contribution in [2.24, 2.45) is 0 Å². The summed E-state index contributed by atoms with van der Waals surface area (Å²) < 4.78 is 1.79. The number of nitrogens with one attached hydrogen (secondary N) is 1. The molecule has 118 valence electrons. The largest absolute Gasteiger partial charge is 0.324 e. The van der Waals surface area contributed by atoms with Crippen molar-refractivity contribution in [3.8, 4) is 5.69 Å². The van der Waals surface area contributed by atoms with Crippen LogP contribution in [0, 0.1) is 0 Å². The molecule has 0 atom stereocenters. The minimum absolute atomic E-state index is 0.0924. The molecule has 0 saturated heterocycles. The number of hydrogen-bond acceptors (Lipinski definition) is 4. The van der Waals surface area contributed by atoms with E-state index in [0.717, 1.165) is 17.9 Å². The van der Waals surface area contributed by atoms with E-state index in [-0.39, 0.29) is 6.03 Å². The zero-order valence-electron chi connectivity index (χ0n) is 13.2. The summed E-state index contributed by atoms with van der Waals surface area (Å²) >= 11 is 0. The third kappa shape index (κ3) is 4.29. The van der Waals surface area contributed by atoms with Crippen molar-refractivity contribution in [3.05, 3.63) is 36.9 Å². The summed E-state index contributed by atoms with van der Waals surface area (Å²) in [5.41, 5.74) is 1.65. The lowest BCUT2D eigenvalue weighted by molar-refractivity contribution is 0.208. The molecule has 0 unspecified atom stereocenters. The Labute approximate surface area is 130 Å². The van der Waals surface area contributed by atoms with E-state index in [9.17, 15) is 4.79 Å². The van der Waals surface area contributed by atoms with Gasteiger partial charge in [-0.2, -0.15) is 0 Å². The SMILES string of the molecule is CCN(CCN(C)C)C(=O)Nc1cccc(-n2cnnc2)c1. The lowest BCUT2D eigenvalue weighted by Gasteiger charge is -2.23. The summed E-state index contributed by atoms with van der Waals surface area (Å²) in [5.74, 6) is 0. The maximum absolute atomic E-state index is 12.3. The molecule has 0 radical (unpaired) electrons. The molecular formula is C15H22N6O. The van der Waals surface area contributed by atoms with Crippen molar-refractivity contribution < 1.29 is 4.79 Å². The van der Waals surface area contributed by atoms with Crippen molar-refractivity contribution in [1.29, 1.82) is 0 Å². The van der Waals surface area contributed by atoms with E-state index in [4.69, 9.17) is 0 Å². The molecule has 1 aromatic carbocycles. The van der Waals surface area contributed by atoms with Crippen molar-refractivity contribution >= 4 is 11.7 Å². The Bertz CT molecular complexity index is 596. The van der Waals surface area contributed by atoms with Crippen LogP contribution >= 0.6 is 0 Å². The predicted octanol–water partition coefficient (Wildman–Crippen LogP) is 1.68. The lowest BCUT2D eigenvalue weighted by atomic mass is 10.2. The van der Waals surface area contributed by atoms with Gasteiger partial charge >= 0.3 is 6.03 Å². The van der Waals surface area contributed by atoms with Crippen molar-refractivity contribution in [3.63, 3.8) is 0 Å². The maximum atomic E-state index is 12.3. The molecule has 0 spiro atoms. The van der Waals surface area contributed by atoms with Gasteiger partial charge in [0.15, 0.2) is 0 Å². The van der Waals surface area contributed by atoms with Gasteiger partial charge in [0.25, 0.3) is 0 Å². The molecule has 2 amide bonds. The number of hydrogen-bond donors (Lipinski definition) is 1. The summed E-state index contributed by atoms with van der Waals surface area (Å²) in [4.78, 5) is 16.2. The topological polar surface area (TPSA) is 66.3 Å². The normalized spacial score (nSPS) is 10.7. The number of aromatic nitrogens is 3. The van der Waals surface area contributed by atoms with Crippen LogP contribution in [0.3, 0.4) is 0 Å². The van der Waals surface area contributed by atoms with E-state index >= 15 is 0 Å². The molecule has 0 aliphatic heterocycles. The van der Waals surface area contributed by atoms with Gasteiger partial charge < -0.3 is 15.1 Å². The van der Waals surface area contributed by atoms with Gasteiger partial charge in [-0.1, -0.05) is 6.07 Å². The second-order valence-corrected chi connectivity index (χ2v) is 5.23. The van der Waals surface area contributed by atoms with E-state index in [2.05, 4.69) is 20.4 Å². The number of rotatable bonds is 6. The average Bonchev–Trinajstić information content (AvgIpc) is 3.02. The molecular weight excluding hydrogens is 280 g/mol. The van der Waals surface area contributed by atoms with Crippen LogP contribution in [-0.2, 0) is 0 Å². The minimum atomic E-state index is -0.0924. The molecule has 1 N–H and O–H groups in total. The third-order valence-electron chi connectivity index (χ3n) is 3.30. The Morgan fingerprint density at radius 3 is 2.59 bits per heavy atom. The highest BCUT2D eigenvalue weighted by Crippen LogP contribution is 2.14. The molecule has 2 rings (SSSR count). The van der Waals surface area contributed by atoms with E-state index in [1.54, 1.807) is 22.1 Å². The molecule has 2 aromatic rings. The van der Waals surface area contributed by atoms with Crippen molar-refractivity contribution in [2.45, 2.75) is 6.92 Å². The molecule has 1 heterocycles. The molecule has 1 aromatic heterocycles. The predicted molar refractivity (Wildman–Crippen MR) is 86.2 cm³/mol. The van der Waals surface area contributed by atoms with Crippen LogP contribution < -0.4 is 5.32 Å². The molecule has 0 aliphatic carbocycles. The van der Waals surface area contributed by atoms with E-state index in [1.807, 2.05) is 45.3 Å². The Balaban J connectivity index is 2.03. The van der Waals surface area contributed by atoms with Crippen molar-refractivity contribution in [1.82, 2.24) is 24.6 Å². The Morgan fingerprint density at radius 2 is 1.95 bits per heavy atom. The van der Waals surface area contributed by atoms with Gasteiger partial charge in [-0.3, -0.25) is 4.57 Å². The lowest BCUT2D eigenvalue weighted by Crippen LogP contribution is -2.39. The second kappa shape index (κ2) is 7.56. The Hall–Kier alpha value is -2.41. The van der Waals surface area contributed by atoms with Crippen LogP contribution in [-0.4, -0.2) is 64.3 Å². The number of carbonyl (C=O) groups is 1. The molecule has 0 aliphatic rings. The Kier molecular flexibility index (Phi) is 5.48. The first-order valence-electron chi connectivity index (χ1n) is 7.26. The molecule has 0 fully saturated rings. The summed E-state index contributed by atoms with van der Waals surface area (Å²) in [6.45, 7) is 4.18. The minimum Gasteiger partial charge on any atom is -0.324 e. The van der Waals surface area contributed by atoms with Crippen LogP contribution in [0.1, 0.15) is 6.92 Å².